The molecule has 24 heavy (non-hydrogen) atoms. The van der Waals surface area contributed by atoms with E-state index in [4.69, 9.17) is 5.11 Å². The molecule has 1 amide bonds. The summed E-state index contributed by atoms with van der Waals surface area (Å²) in [6.07, 6.45) is -6.00. The van der Waals surface area contributed by atoms with Crippen LogP contribution in [-0.2, 0) is 4.79 Å². The van der Waals surface area contributed by atoms with E-state index in [9.17, 15) is 31.5 Å². The Labute approximate surface area is 133 Å². The second kappa shape index (κ2) is 8.46. The normalized spacial score (nSPS) is 12.8. The van der Waals surface area contributed by atoms with E-state index in [2.05, 4.69) is 4.74 Å². The van der Waals surface area contributed by atoms with Crippen LogP contribution in [0.1, 0.15) is 23.2 Å². The lowest BCUT2D eigenvalue weighted by Gasteiger charge is -2.20. The van der Waals surface area contributed by atoms with Crippen LogP contribution in [0.2, 0.25) is 0 Å². The van der Waals surface area contributed by atoms with E-state index < -0.39 is 50.0 Å². The van der Waals surface area contributed by atoms with Crippen molar-refractivity contribution in [1.29, 1.82) is 0 Å². The Hall–Kier alpha value is -2.39. The number of amides is 1. The quantitative estimate of drug-likeness (QED) is 0.703. The number of carbonyl (C=O) groups is 2. The van der Waals surface area contributed by atoms with Gasteiger partial charge in [0.15, 0.2) is 0 Å². The van der Waals surface area contributed by atoms with Crippen LogP contribution < -0.4 is 10.1 Å². The van der Waals surface area contributed by atoms with Crippen LogP contribution in [0.15, 0.2) is 24.3 Å². The van der Waals surface area contributed by atoms with Gasteiger partial charge in [0, 0.05) is 18.5 Å². The SMILES string of the molecule is O=C(O)CC[C@H](CNC(=O)c1ccc(OC(F)F)cc1)C(F)(F)F. The van der Waals surface area contributed by atoms with E-state index in [0.717, 1.165) is 24.3 Å². The average molecular weight is 355 g/mol. The molecule has 0 saturated carbocycles. The van der Waals surface area contributed by atoms with Crippen molar-refractivity contribution >= 4 is 11.9 Å². The largest absolute Gasteiger partial charge is 0.481 e. The highest BCUT2D eigenvalue weighted by molar-refractivity contribution is 5.94. The number of carboxylic acid groups (broad SMARTS) is 1. The third kappa shape index (κ3) is 6.80. The first-order valence-electron chi connectivity index (χ1n) is 6.71. The molecule has 0 aromatic heterocycles. The maximum Gasteiger partial charge on any atom is 0.393 e. The summed E-state index contributed by atoms with van der Waals surface area (Å²) in [5.74, 6) is -4.41. The van der Waals surface area contributed by atoms with Gasteiger partial charge in [-0.25, -0.2) is 0 Å². The summed E-state index contributed by atoms with van der Waals surface area (Å²) < 4.78 is 66.3. The number of rotatable bonds is 8. The van der Waals surface area contributed by atoms with Crippen molar-refractivity contribution in [2.45, 2.75) is 25.6 Å². The molecule has 0 aliphatic rings. The Morgan fingerprint density at radius 1 is 1.17 bits per heavy atom. The fraction of sp³-hybridized carbons (Fsp3) is 0.429. The fourth-order valence-corrected chi connectivity index (χ4v) is 1.78. The van der Waals surface area contributed by atoms with Gasteiger partial charge in [-0.2, -0.15) is 22.0 Å². The molecule has 5 nitrogen and oxygen atoms in total. The third-order valence-corrected chi connectivity index (χ3v) is 3.02. The molecule has 2 N–H and O–H groups in total. The zero-order chi connectivity index (χ0) is 18.3. The van der Waals surface area contributed by atoms with Gasteiger partial charge in [0.2, 0.25) is 0 Å². The van der Waals surface area contributed by atoms with E-state index in [1.165, 1.54) is 0 Å². The average Bonchev–Trinajstić information content (AvgIpc) is 2.45. The number of alkyl halides is 5. The zero-order valence-electron chi connectivity index (χ0n) is 12.1. The lowest BCUT2D eigenvalue weighted by atomic mass is 10.0. The zero-order valence-corrected chi connectivity index (χ0v) is 12.1. The van der Waals surface area contributed by atoms with Crippen LogP contribution in [0.25, 0.3) is 0 Å². The molecule has 1 rings (SSSR count). The molecule has 1 aromatic rings. The predicted octanol–water partition coefficient (Wildman–Crippen LogP) is 3.06. The first-order chi connectivity index (χ1) is 11.1. The van der Waals surface area contributed by atoms with E-state index in [-0.39, 0.29) is 11.3 Å². The van der Waals surface area contributed by atoms with Crippen molar-refractivity contribution in [3.05, 3.63) is 29.8 Å². The topological polar surface area (TPSA) is 75.6 Å². The van der Waals surface area contributed by atoms with Crippen LogP contribution in [0.3, 0.4) is 0 Å². The Bertz CT molecular complexity index is 559. The second-order valence-corrected chi connectivity index (χ2v) is 4.78. The molecular weight excluding hydrogens is 341 g/mol. The Morgan fingerprint density at radius 3 is 2.21 bits per heavy atom. The minimum Gasteiger partial charge on any atom is -0.481 e. The van der Waals surface area contributed by atoms with E-state index >= 15 is 0 Å². The Balaban J connectivity index is 2.63. The highest BCUT2D eigenvalue weighted by Crippen LogP contribution is 2.29. The number of carbonyl (C=O) groups excluding carboxylic acids is 1. The second-order valence-electron chi connectivity index (χ2n) is 4.78. The molecular formula is C14H14F5NO4. The molecule has 0 bridgehead atoms. The highest BCUT2D eigenvalue weighted by atomic mass is 19.4. The number of carboxylic acids is 1. The van der Waals surface area contributed by atoms with E-state index in [1.54, 1.807) is 0 Å². The molecule has 0 radical (unpaired) electrons. The highest BCUT2D eigenvalue weighted by Gasteiger charge is 2.39. The predicted molar refractivity (Wildman–Crippen MR) is 71.8 cm³/mol. The number of aliphatic carboxylic acids is 1. The lowest BCUT2D eigenvalue weighted by molar-refractivity contribution is -0.175. The Kier molecular flexibility index (Phi) is 6.93. The lowest BCUT2D eigenvalue weighted by Crippen LogP contribution is -2.36. The number of hydrogen-bond donors (Lipinski definition) is 2. The summed E-state index contributed by atoms with van der Waals surface area (Å²) in [4.78, 5) is 22.1. The van der Waals surface area contributed by atoms with Crippen LogP contribution in [-0.4, -0.2) is 36.3 Å². The van der Waals surface area contributed by atoms with Gasteiger partial charge in [-0.1, -0.05) is 0 Å². The number of nitrogens with one attached hydrogen (secondary N) is 1. The van der Waals surface area contributed by atoms with Crippen LogP contribution in [0.5, 0.6) is 5.75 Å². The van der Waals surface area contributed by atoms with E-state index in [0.29, 0.717) is 0 Å². The molecule has 0 spiro atoms. The molecule has 0 unspecified atom stereocenters. The minimum absolute atomic E-state index is 0.0456. The monoisotopic (exact) mass is 355 g/mol. The molecule has 134 valence electrons. The molecule has 10 heteroatoms. The van der Waals surface area contributed by atoms with Gasteiger partial charge < -0.3 is 15.2 Å². The van der Waals surface area contributed by atoms with Crippen LogP contribution >= 0.6 is 0 Å². The standard InChI is InChI=1S/C14H14F5NO4/c15-13(16)24-10-4-1-8(2-5-10)12(23)20-7-9(14(17,18)19)3-6-11(21)22/h1-2,4-5,9,13H,3,6-7H2,(H,20,23)(H,21,22)/t9-/m1/s1. The van der Waals surface area contributed by atoms with Crippen molar-refractivity contribution in [1.82, 2.24) is 5.32 Å². The molecule has 0 aliphatic carbocycles. The van der Waals surface area contributed by atoms with Crippen molar-refractivity contribution in [3.8, 4) is 5.75 Å². The van der Waals surface area contributed by atoms with Gasteiger partial charge in [0.1, 0.15) is 5.75 Å². The van der Waals surface area contributed by atoms with Crippen molar-refractivity contribution in [2.75, 3.05) is 6.54 Å². The fourth-order valence-electron chi connectivity index (χ4n) is 1.78. The van der Waals surface area contributed by atoms with Crippen molar-refractivity contribution in [2.24, 2.45) is 5.92 Å². The van der Waals surface area contributed by atoms with Gasteiger partial charge in [-0.05, 0) is 30.7 Å². The molecule has 1 atom stereocenters. The summed E-state index contributed by atoms with van der Waals surface area (Å²) in [7, 11) is 0. The first kappa shape index (κ1) is 19.7. The maximum absolute atomic E-state index is 12.8. The number of ether oxygens (including phenoxy) is 1. The Morgan fingerprint density at radius 2 is 1.75 bits per heavy atom. The first-order valence-corrected chi connectivity index (χ1v) is 6.71. The summed E-state index contributed by atoms with van der Waals surface area (Å²) in [6, 6.07) is 4.39. The molecule has 0 heterocycles. The summed E-state index contributed by atoms with van der Waals surface area (Å²) in [6.45, 7) is -3.82. The molecule has 0 saturated heterocycles. The van der Waals surface area contributed by atoms with Crippen LogP contribution in [0.4, 0.5) is 22.0 Å². The third-order valence-electron chi connectivity index (χ3n) is 3.02. The molecule has 0 aliphatic heterocycles. The number of hydrogen-bond acceptors (Lipinski definition) is 3. The van der Waals surface area contributed by atoms with Gasteiger partial charge in [-0.15, -0.1) is 0 Å². The minimum atomic E-state index is -4.66. The van der Waals surface area contributed by atoms with Gasteiger partial charge >= 0.3 is 18.8 Å². The molecule has 1 aromatic carbocycles. The van der Waals surface area contributed by atoms with Crippen LogP contribution in [0, 0.1) is 5.92 Å². The van der Waals surface area contributed by atoms with Gasteiger partial charge in [0.25, 0.3) is 5.91 Å². The van der Waals surface area contributed by atoms with Gasteiger partial charge in [0.05, 0.1) is 5.92 Å². The van der Waals surface area contributed by atoms with Crippen molar-refractivity contribution in [3.63, 3.8) is 0 Å². The maximum atomic E-state index is 12.8. The molecule has 0 fully saturated rings. The summed E-state index contributed by atoms with van der Waals surface area (Å²) in [5.41, 5.74) is -0.0456. The van der Waals surface area contributed by atoms with Crippen molar-refractivity contribution < 1.29 is 41.4 Å². The van der Waals surface area contributed by atoms with E-state index in [1.807, 2.05) is 5.32 Å². The van der Waals surface area contributed by atoms with Gasteiger partial charge in [-0.3, -0.25) is 9.59 Å². The smallest absolute Gasteiger partial charge is 0.393 e. The summed E-state index contributed by atoms with van der Waals surface area (Å²) in [5, 5.41) is 10.5. The number of halogens is 5. The summed E-state index contributed by atoms with van der Waals surface area (Å²) >= 11 is 0. The number of benzene rings is 1.